The maximum Gasteiger partial charge on any atom is 0.325 e. The van der Waals surface area contributed by atoms with E-state index in [1.54, 1.807) is 11.9 Å². The highest BCUT2D eigenvalue weighted by molar-refractivity contribution is 9.18. The van der Waals surface area contributed by atoms with Crippen molar-refractivity contribution in [1.29, 1.82) is 0 Å². The fourth-order valence-electron chi connectivity index (χ4n) is 1.96. The van der Waals surface area contributed by atoms with Crippen LogP contribution in [0.3, 0.4) is 0 Å². The van der Waals surface area contributed by atoms with Crippen molar-refractivity contribution in [3.63, 3.8) is 0 Å². The van der Waals surface area contributed by atoms with Crippen molar-refractivity contribution in [1.82, 2.24) is 15.1 Å². The third-order valence-electron chi connectivity index (χ3n) is 2.90. The predicted octanol–water partition coefficient (Wildman–Crippen LogP) is -0.315. The number of hydrogen-bond acceptors (Lipinski definition) is 5. The zero-order valence-electron chi connectivity index (χ0n) is 9.51. The lowest BCUT2D eigenvalue weighted by Crippen LogP contribution is -2.64. The van der Waals surface area contributed by atoms with Gasteiger partial charge < -0.3 is 14.9 Å². The van der Waals surface area contributed by atoms with Crippen LogP contribution in [0.2, 0.25) is 0 Å². The average molecular weight is 384 g/mol. The van der Waals surface area contributed by atoms with E-state index in [1.165, 1.54) is 4.90 Å². The van der Waals surface area contributed by atoms with Crippen molar-refractivity contribution in [2.75, 3.05) is 18.9 Å². The Bertz CT molecular complexity index is 417. The zero-order chi connectivity index (χ0) is 13.4. The number of carbonyl (C=O) groups is 2. The van der Waals surface area contributed by atoms with Crippen molar-refractivity contribution in [3.8, 4) is 0 Å². The molecule has 0 aliphatic carbocycles. The predicted molar refractivity (Wildman–Crippen MR) is 71.7 cm³/mol. The van der Waals surface area contributed by atoms with Crippen LogP contribution in [-0.2, 0) is 4.79 Å². The summed E-state index contributed by atoms with van der Waals surface area (Å²) in [5.41, 5.74) is 0. The molecule has 2 aliphatic heterocycles. The molecule has 2 aliphatic rings. The number of β-amino-alcohol motifs (C(OH)–C–C–N with tert-alkyl or cyclic N) is 1. The van der Waals surface area contributed by atoms with Crippen LogP contribution >= 0.6 is 31.9 Å². The topological polar surface area (TPSA) is 85.2 Å². The minimum atomic E-state index is -0.623. The van der Waals surface area contributed by atoms with Crippen molar-refractivity contribution >= 4 is 48.5 Å². The van der Waals surface area contributed by atoms with Crippen molar-refractivity contribution in [2.24, 2.45) is 4.99 Å². The van der Waals surface area contributed by atoms with Crippen LogP contribution in [0.1, 0.15) is 0 Å². The van der Waals surface area contributed by atoms with E-state index in [1.807, 2.05) is 0 Å². The van der Waals surface area contributed by atoms with Crippen molar-refractivity contribution in [2.45, 2.75) is 18.3 Å². The maximum atomic E-state index is 11.9. The van der Waals surface area contributed by atoms with E-state index in [0.29, 0.717) is 10.1 Å². The number of fused-ring (bicyclic) bond motifs is 1. The molecule has 3 amide bonds. The van der Waals surface area contributed by atoms with Crippen LogP contribution in [-0.4, -0.2) is 68.8 Å². The first-order valence-corrected chi connectivity index (χ1v) is 7.18. The summed E-state index contributed by atoms with van der Waals surface area (Å²) in [5, 5.41) is 12.3. The Labute approximate surface area is 120 Å². The Morgan fingerprint density at radius 1 is 1.56 bits per heavy atom. The number of nitrogens with one attached hydrogen (secondary N) is 1. The molecule has 2 N–H and O–H groups in total. The summed E-state index contributed by atoms with van der Waals surface area (Å²) >= 11 is 6.43. The van der Waals surface area contributed by atoms with Gasteiger partial charge in [0.1, 0.15) is 0 Å². The molecular weight excluding hydrogens is 372 g/mol. The van der Waals surface area contributed by atoms with Crippen molar-refractivity contribution < 1.29 is 14.7 Å². The highest BCUT2D eigenvalue weighted by atomic mass is 79.9. The second-order valence-electron chi connectivity index (χ2n) is 4.12. The number of halogens is 2. The smallest absolute Gasteiger partial charge is 0.325 e. The summed E-state index contributed by atoms with van der Waals surface area (Å²) in [6, 6.07) is -1.07. The number of imide groups is 1. The number of alkyl halides is 1. The standard InChI is InChI=1S/C9H12Br2N4O3/c1-14-6-5(7(17)13-9(14)18)15(8(11)12-6)3-4(16)2-10/h4-6,16H,2-3H2,1H3,(H,13,17,18). The molecule has 2 heterocycles. The van der Waals surface area contributed by atoms with Gasteiger partial charge in [0.05, 0.1) is 6.10 Å². The summed E-state index contributed by atoms with van der Waals surface area (Å²) in [4.78, 5) is 30.6. The van der Waals surface area contributed by atoms with Gasteiger partial charge in [-0.25, -0.2) is 9.79 Å². The molecule has 2 rings (SSSR count). The van der Waals surface area contributed by atoms with Gasteiger partial charge in [-0.1, -0.05) is 15.9 Å². The van der Waals surface area contributed by atoms with E-state index >= 15 is 0 Å². The quantitative estimate of drug-likeness (QED) is 0.517. The van der Waals surface area contributed by atoms with E-state index in [9.17, 15) is 14.7 Å². The summed E-state index contributed by atoms with van der Waals surface area (Å²) in [7, 11) is 1.58. The number of amides is 3. The summed E-state index contributed by atoms with van der Waals surface area (Å²) in [6.07, 6.45) is -1.18. The molecule has 9 heteroatoms. The highest BCUT2D eigenvalue weighted by Gasteiger charge is 2.48. The number of rotatable bonds is 3. The molecule has 18 heavy (non-hydrogen) atoms. The molecule has 0 bridgehead atoms. The molecular formula is C9H12Br2N4O3. The lowest BCUT2D eigenvalue weighted by Gasteiger charge is -2.36. The molecule has 1 fully saturated rings. The molecule has 0 aromatic carbocycles. The number of carbonyl (C=O) groups excluding carboxylic acids is 2. The number of likely N-dealkylation sites (N-methyl/N-ethyl adjacent to an activating group) is 1. The number of aliphatic hydroxyl groups is 1. The number of aliphatic imine (C=N–C) groups is 1. The summed E-state index contributed by atoms with van der Waals surface area (Å²) in [6.45, 7) is 0.256. The van der Waals surface area contributed by atoms with Crippen LogP contribution in [0.4, 0.5) is 4.79 Å². The average Bonchev–Trinajstić information content (AvgIpc) is 2.64. The first-order chi connectivity index (χ1) is 8.45. The van der Waals surface area contributed by atoms with Crippen LogP contribution in [0, 0.1) is 0 Å². The van der Waals surface area contributed by atoms with E-state index < -0.39 is 30.2 Å². The third kappa shape index (κ3) is 2.26. The molecule has 0 spiro atoms. The van der Waals surface area contributed by atoms with Crippen LogP contribution in [0.15, 0.2) is 4.99 Å². The van der Waals surface area contributed by atoms with Crippen molar-refractivity contribution in [3.05, 3.63) is 0 Å². The number of amidine groups is 1. The lowest BCUT2D eigenvalue weighted by molar-refractivity contribution is -0.127. The lowest BCUT2D eigenvalue weighted by atomic mass is 10.1. The first-order valence-electron chi connectivity index (χ1n) is 5.27. The Balaban J connectivity index is 2.22. The fraction of sp³-hybridized carbons (Fsp3) is 0.667. The normalized spacial score (nSPS) is 29.0. The van der Waals surface area contributed by atoms with Crippen LogP contribution in [0.5, 0.6) is 0 Å². The molecule has 7 nitrogen and oxygen atoms in total. The number of nitrogens with zero attached hydrogens (tertiary/aromatic N) is 3. The van der Waals surface area contributed by atoms with Crippen LogP contribution < -0.4 is 5.32 Å². The molecule has 3 atom stereocenters. The molecule has 0 aromatic heterocycles. The van der Waals surface area contributed by atoms with Gasteiger partial charge in [0.25, 0.3) is 5.91 Å². The third-order valence-corrected chi connectivity index (χ3v) is 4.30. The number of urea groups is 1. The molecule has 0 aromatic rings. The molecule has 100 valence electrons. The Hall–Kier alpha value is -0.670. The Morgan fingerprint density at radius 3 is 2.83 bits per heavy atom. The van der Waals surface area contributed by atoms with Gasteiger partial charge >= 0.3 is 6.03 Å². The van der Waals surface area contributed by atoms with Gasteiger partial charge in [-0.2, -0.15) is 0 Å². The van der Waals surface area contributed by atoms with E-state index in [0.717, 1.165) is 0 Å². The highest BCUT2D eigenvalue weighted by Crippen LogP contribution is 2.26. The van der Waals surface area contributed by atoms with Gasteiger partial charge in [-0.3, -0.25) is 10.1 Å². The Kier molecular flexibility index (Phi) is 3.93. The van der Waals surface area contributed by atoms with Gasteiger partial charge in [0, 0.05) is 18.9 Å². The van der Waals surface area contributed by atoms with Gasteiger partial charge in [-0.15, -0.1) is 0 Å². The fourth-order valence-corrected chi connectivity index (χ4v) is 2.74. The molecule has 0 saturated carbocycles. The minimum Gasteiger partial charge on any atom is -0.390 e. The molecule has 0 radical (unpaired) electrons. The largest absolute Gasteiger partial charge is 0.390 e. The van der Waals surface area contributed by atoms with E-state index in [2.05, 4.69) is 42.2 Å². The SMILES string of the molecule is CN1C(=O)NC(=O)C2C1N=C(Br)N2CC(O)CBr. The Morgan fingerprint density at radius 2 is 2.22 bits per heavy atom. The zero-order valence-corrected chi connectivity index (χ0v) is 12.7. The molecule has 3 unspecified atom stereocenters. The minimum absolute atomic E-state index is 0.256. The second-order valence-corrected chi connectivity index (χ2v) is 5.48. The monoisotopic (exact) mass is 382 g/mol. The van der Waals surface area contributed by atoms with Gasteiger partial charge in [0.15, 0.2) is 17.0 Å². The van der Waals surface area contributed by atoms with Gasteiger partial charge in [0.2, 0.25) is 0 Å². The maximum absolute atomic E-state index is 11.9. The van der Waals surface area contributed by atoms with Gasteiger partial charge in [-0.05, 0) is 15.9 Å². The summed E-state index contributed by atoms with van der Waals surface area (Å²) < 4.78 is 0.467. The second kappa shape index (κ2) is 5.14. The summed E-state index contributed by atoms with van der Waals surface area (Å²) in [5.74, 6) is -0.400. The number of hydrogen-bond donors (Lipinski definition) is 2. The van der Waals surface area contributed by atoms with E-state index in [-0.39, 0.29) is 6.54 Å². The van der Waals surface area contributed by atoms with E-state index in [4.69, 9.17) is 0 Å². The first kappa shape index (κ1) is 13.8. The van der Waals surface area contributed by atoms with Crippen LogP contribution in [0.25, 0.3) is 0 Å². The molecule has 1 saturated heterocycles. The number of aliphatic hydroxyl groups excluding tert-OH is 1.